The minimum Gasteiger partial charge on any atom is -0.493 e. The van der Waals surface area contributed by atoms with E-state index >= 15 is 0 Å². The summed E-state index contributed by atoms with van der Waals surface area (Å²) in [6.07, 6.45) is 1.52. The summed E-state index contributed by atoms with van der Waals surface area (Å²) in [5.74, 6) is 1.27. The summed E-state index contributed by atoms with van der Waals surface area (Å²) >= 11 is 0. The number of ether oxygens (including phenoxy) is 2. The summed E-state index contributed by atoms with van der Waals surface area (Å²) in [5.41, 5.74) is 2.03. The minimum atomic E-state index is -3.54. The van der Waals surface area contributed by atoms with Crippen LogP contribution in [0.1, 0.15) is 23.6 Å². The highest BCUT2D eigenvalue weighted by molar-refractivity contribution is 7.89. The van der Waals surface area contributed by atoms with Crippen molar-refractivity contribution >= 4 is 10.0 Å². The standard InChI is InChI=1S/C17H19NO4S/c1-21-16-10-12-8-9-15(14(12)11-17(16)22-2)18-23(19,20)13-6-4-3-5-7-13/h3-7,10-11,15,18H,8-9H2,1-2H3. The summed E-state index contributed by atoms with van der Waals surface area (Å²) in [5, 5.41) is 0. The molecule has 3 rings (SSSR count). The Kier molecular flexibility index (Phi) is 4.28. The van der Waals surface area contributed by atoms with E-state index in [1.165, 1.54) is 0 Å². The van der Waals surface area contributed by atoms with Crippen molar-refractivity contribution in [3.63, 3.8) is 0 Å². The second kappa shape index (κ2) is 6.22. The van der Waals surface area contributed by atoms with Crippen LogP contribution < -0.4 is 14.2 Å². The summed E-state index contributed by atoms with van der Waals surface area (Å²) in [6, 6.07) is 11.9. The van der Waals surface area contributed by atoms with Crippen molar-refractivity contribution < 1.29 is 17.9 Å². The molecule has 1 aliphatic rings. The molecule has 1 atom stereocenters. The molecule has 0 amide bonds. The predicted molar refractivity (Wildman–Crippen MR) is 87.4 cm³/mol. The van der Waals surface area contributed by atoms with Gasteiger partial charge in [0.15, 0.2) is 11.5 Å². The van der Waals surface area contributed by atoms with Crippen LogP contribution in [0.4, 0.5) is 0 Å². The van der Waals surface area contributed by atoms with E-state index in [0.717, 1.165) is 24.0 Å². The maximum atomic E-state index is 12.5. The highest BCUT2D eigenvalue weighted by Gasteiger charge is 2.29. The minimum absolute atomic E-state index is 0.255. The molecule has 1 N–H and O–H groups in total. The number of aryl methyl sites for hydroxylation is 1. The van der Waals surface area contributed by atoms with E-state index < -0.39 is 10.0 Å². The molecule has 122 valence electrons. The Morgan fingerprint density at radius 2 is 1.70 bits per heavy atom. The van der Waals surface area contributed by atoms with Gasteiger partial charge in [0, 0.05) is 6.04 Å². The first kappa shape index (κ1) is 15.8. The Bertz CT molecular complexity index is 803. The zero-order valence-electron chi connectivity index (χ0n) is 13.1. The third-order valence-electron chi connectivity index (χ3n) is 4.07. The normalized spacial score (nSPS) is 16.9. The van der Waals surface area contributed by atoms with Crippen LogP contribution in [0.25, 0.3) is 0 Å². The Hall–Kier alpha value is -2.05. The van der Waals surface area contributed by atoms with Crippen molar-refractivity contribution in [2.45, 2.75) is 23.8 Å². The van der Waals surface area contributed by atoms with Gasteiger partial charge in [-0.05, 0) is 48.2 Å². The molecule has 5 nitrogen and oxygen atoms in total. The number of sulfonamides is 1. The van der Waals surface area contributed by atoms with Crippen molar-refractivity contribution in [3.8, 4) is 11.5 Å². The topological polar surface area (TPSA) is 64.6 Å². The number of hydrogen-bond acceptors (Lipinski definition) is 4. The van der Waals surface area contributed by atoms with Gasteiger partial charge >= 0.3 is 0 Å². The first-order valence-corrected chi connectivity index (χ1v) is 8.85. The van der Waals surface area contributed by atoms with E-state index in [1.807, 2.05) is 12.1 Å². The second-order valence-corrected chi connectivity index (χ2v) is 7.15. The number of hydrogen-bond donors (Lipinski definition) is 1. The van der Waals surface area contributed by atoms with E-state index in [1.54, 1.807) is 44.6 Å². The predicted octanol–water partition coefficient (Wildman–Crippen LogP) is 2.67. The molecule has 0 aliphatic heterocycles. The van der Waals surface area contributed by atoms with E-state index in [4.69, 9.17) is 9.47 Å². The Morgan fingerprint density at radius 3 is 2.35 bits per heavy atom. The molecular formula is C17H19NO4S. The van der Waals surface area contributed by atoms with Crippen LogP contribution in [-0.4, -0.2) is 22.6 Å². The third kappa shape index (κ3) is 3.04. The summed E-state index contributed by atoms with van der Waals surface area (Å²) in [6.45, 7) is 0. The maximum absolute atomic E-state index is 12.5. The quantitative estimate of drug-likeness (QED) is 0.914. The van der Waals surface area contributed by atoms with Crippen LogP contribution >= 0.6 is 0 Å². The highest BCUT2D eigenvalue weighted by atomic mass is 32.2. The van der Waals surface area contributed by atoms with Gasteiger partial charge in [0.1, 0.15) is 0 Å². The average Bonchev–Trinajstić information content (AvgIpc) is 2.95. The van der Waals surface area contributed by atoms with Gasteiger partial charge in [0.25, 0.3) is 0 Å². The lowest BCUT2D eigenvalue weighted by Crippen LogP contribution is -2.27. The van der Waals surface area contributed by atoms with Crippen LogP contribution in [0.2, 0.25) is 0 Å². The summed E-state index contributed by atoms with van der Waals surface area (Å²) in [7, 11) is -0.380. The van der Waals surface area contributed by atoms with E-state index in [2.05, 4.69) is 4.72 Å². The molecule has 1 aliphatic carbocycles. The van der Waals surface area contributed by atoms with Crippen molar-refractivity contribution in [2.75, 3.05) is 14.2 Å². The van der Waals surface area contributed by atoms with Gasteiger partial charge in [-0.2, -0.15) is 0 Å². The van der Waals surface area contributed by atoms with E-state index in [-0.39, 0.29) is 10.9 Å². The second-order valence-electron chi connectivity index (χ2n) is 5.43. The molecular weight excluding hydrogens is 314 g/mol. The molecule has 0 heterocycles. The maximum Gasteiger partial charge on any atom is 0.241 e. The Labute approximate surface area is 136 Å². The molecule has 0 saturated heterocycles. The fourth-order valence-corrected chi connectivity index (χ4v) is 4.18. The van der Waals surface area contributed by atoms with Gasteiger partial charge in [-0.15, -0.1) is 0 Å². The molecule has 0 spiro atoms. The Morgan fingerprint density at radius 1 is 1.04 bits per heavy atom. The van der Waals surface area contributed by atoms with Gasteiger partial charge in [-0.1, -0.05) is 18.2 Å². The van der Waals surface area contributed by atoms with E-state index in [0.29, 0.717) is 11.5 Å². The SMILES string of the molecule is COc1cc2c(cc1OC)C(NS(=O)(=O)c1ccccc1)CC2. The molecule has 0 bridgehead atoms. The average molecular weight is 333 g/mol. The molecule has 6 heteroatoms. The number of methoxy groups -OCH3 is 2. The van der Waals surface area contributed by atoms with Gasteiger partial charge in [-0.3, -0.25) is 0 Å². The fraction of sp³-hybridized carbons (Fsp3) is 0.294. The monoisotopic (exact) mass is 333 g/mol. The smallest absolute Gasteiger partial charge is 0.241 e. The highest BCUT2D eigenvalue weighted by Crippen LogP contribution is 2.39. The van der Waals surface area contributed by atoms with Crippen molar-refractivity contribution in [1.29, 1.82) is 0 Å². The molecule has 1 unspecified atom stereocenters. The number of nitrogens with one attached hydrogen (secondary N) is 1. The zero-order chi connectivity index (χ0) is 16.4. The molecule has 2 aromatic carbocycles. The van der Waals surface area contributed by atoms with E-state index in [9.17, 15) is 8.42 Å². The number of fused-ring (bicyclic) bond motifs is 1. The van der Waals surface area contributed by atoms with Gasteiger partial charge in [0.05, 0.1) is 19.1 Å². The first-order chi connectivity index (χ1) is 11.0. The molecule has 23 heavy (non-hydrogen) atoms. The van der Waals surface area contributed by atoms with Crippen molar-refractivity contribution in [3.05, 3.63) is 53.6 Å². The summed E-state index contributed by atoms with van der Waals surface area (Å²) in [4.78, 5) is 0.272. The van der Waals surface area contributed by atoms with Crippen LogP contribution in [0.15, 0.2) is 47.4 Å². The first-order valence-electron chi connectivity index (χ1n) is 7.37. The molecule has 0 fully saturated rings. The largest absolute Gasteiger partial charge is 0.493 e. The lowest BCUT2D eigenvalue weighted by Gasteiger charge is -2.16. The molecule has 0 saturated carbocycles. The van der Waals surface area contributed by atoms with Gasteiger partial charge in [0.2, 0.25) is 10.0 Å². The van der Waals surface area contributed by atoms with Crippen LogP contribution in [0, 0.1) is 0 Å². The van der Waals surface area contributed by atoms with Gasteiger partial charge in [-0.25, -0.2) is 13.1 Å². The number of rotatable bonds is 5. The zero-order valence-corrected chi connectivity index (χ0v) is 13.9. The lowest BCUT2D eigenvalue weighted by atomic mass is 10.1. The van der Waals surface area contributed by atoms with Crippen molar-refractivity contribution in [1.82, 2.24) is 4.72 Å². The van der Waals surface area contributed by atoms with Crippen LogP contribution in [-0.2, 0) is 16.4 Å². The van der Waals surface area contributed by atoms with Crippen molar-refractivity contribution in [2.24, 2.45) is 0 Å². The lowest BCUT2D eigenvalue weighted by molar-refractivity contribution is 0.354. The Balaban J connectivity index is 1.91. The van der Waals surface area contributed by atoms with Crippen LogP contribution in [0.5, 0.6) is 11.5 Å². The molecule has 0 aromatic heterocycles. The molecule has 0 radical (unpaired) electrons. The fourth-order valence-electron chi connectivity index (χ4n) is 2.91. The summed E-state index contributed by atoms with van der Waals surface area (Å²) < 4.78 is 38.4. The molecule has 2 aromatic rings. The number of benzene rings is 2. The third-order valence-corrected chi connectivity index (χ3v) is 5.56. The van der Waals surface area contributed by atoms with Gasteiger partial charge < -0.3 is 9.47 Å². The van der Waals surface area contributed by atoms with Crippen LogP contribution in [0.3, 0.4) is 0 Å².